The van der Waals surface area contributed by atoms with E-state index < -0.39 is 0 Å². The van der Waals surface area contributed by atoms with Gasteiger partial charge < -0.3 is 10.1 Å². The highest BCUT2D eigenvalue weighted by Crippen LogP contribution is 2.11. The molecule has 1 aromatic heterocycles. The van der Waals surface area contributed by atoms with Crippen molar-refractivity contribution in [3.63, 3.8) is 0 Å². The summed E-state index contributed by atoms with van der Waals surface area (Å²) in [7, 11) is 0. The quantitative estimate of drug-likeness (QED) is 0.602. The summed E-state index contributed by atoms with van der Waals surface area (Å²) in [6, 6.07) is 0.228. The van der Waals surface area contributed by atoms with E-state index in [1.165, 1.54) is 0 Å². The number of anilines is 1. The summed E-state index contributed by atoms with van der Waals surface area (Å²) < 4.78 is 5.15. The van der Waals surface area contributed by atoms with Crippen LogP contribution in [0.3, 0.4) is 0 Å². The maximum Gasteiger partial charge on any atom is 0.322 e. The molecule has 5 nitrogen and oxygen atoms in total. The minimum Gasteiger partial charge on any atom is -0.464 e. The Labute approximate surface area is 110 Å². The van der Waals surface area contributed by atoms with Gasteiger partial charge in [-0.15, -0.1) is 18.2 Å². The average Bonchev–Trinajstić information content (AvgIpc) is 2.28. The van der Waals surface area contributed by atoms with E-state index in [0.717, 1.165) is 5.75 Å². The molecule has 0 aliphatic rings. The summed E-state index contributed by atoms with van der Waals surface area (Å²) in [5.41, 5.74) is 0. The first-order chi connectivity index (χ1) is 8.26. The average molecular weight is 273 g/mol. The second-order valence-electron chi connectivity index (χ2n) is 2.83. The first kappa shape index (κ1) is 13.9. The molecule has 1 heterocycles. The molecule has 0 aromatic carbocycles. The molecule has 17 heavy (non-hydrogen) atoms. The lowest BCUT2D eigenvalue weighted by atomic mass is 10.7. The van der Waals surface area contributed by atoms with E-state index in [1.807, 2.05) is 6.92 Å². The second kappa shape index (κ2) is 7.98. The fourth-order valence-corrected chi connectivity index (χ4v) is 1.63. The van der Waals surface area contributed by atoms with Gasteiger partial charge >= 0.3 is 6.01 Å². The van der Waals surface area contributed by atoms with Crippen LogP contribution in [0.5, 0.6) is 6.01 Å². The number of thioether (sulfide) groups is 1. The van der Waals surface area contributed by atoms with Crippen LogP contribution in [0, 0.1) is 12.3 Å². The fraction of sp³-hybridized carbons (Fsp3) is 0.500. The third-order valence-corrected chi connectivity index (χ3v) is 2.61. The number of aromatic nitrogens is 3. The van der Waals surface area contributed by atoms with Gasteiger partial charge in [-0.1, -0.05) is 5.92 Å². The zero-order valence-corrected chi connectivity index (χ0v) is 11.0. The molecule has 0 unspecified atom stereocenters. The van der Waals surface area contributed by atoms with Gasteiger partial charge in [-0.05, 0) is 18.5 Å². The monoisotopic (exact) mass is 272 g/mol. The fourth-order valence-electron chi connectivity index (χ4n) is 0.971. The van der Waals surface area contributed by atoms with E-state index in [4.69, 9.17) is 22.8 Å². The van der Waals surface area contributed by atoms with Crippen molar-refractivity contribution in [2.24, 2.45) is 0 Å². The zero-order valence-electron chi connectivity index (χ0n) is 9.44. The van der Waals surface area contributed by atoms with Crippen LogP contribution in [0.2, 0.25) is 5.28 Å². The van der Waals surface area contributed by atoms with Gasteiger partial charge in [0.2, 0.25) is 11.2 Å². The predicted octanol–water partition coefficient (Wildman–Crippen LogP) is 1.70. The molecule has 7 heteroatoms. The van der Waals surface area contributed by atoms with E-state index >= 15 is 0 Å². The van der Waals surface area contributed by atoms with Crippen molar-refractivity contribution in [1.29, 1.82) is 0 Å². The standard InChI is InChI=1S/C10H13ClN4OS/c1-3-6-17-7-5-12-9-13-8(11)14-10(15-9)16-4-2/h1H,4-7H2,2H3,(H,12,13,14,15). The molecule has 0 fully saturated rings. The van der Waals surface area contributed by atoms with Crippen LogP contribution in [-0.2, 0) is 0 Å². The van der Waals surface area contributed by atoms with E-state index in [2.05, 4.69) is 26.2 Å². The van der Waals surface area contributed by atoms with Gasteiger partial charge in [0.15, 0.2) is 0 Å². The Morgan fingerprint density at radius 3 is 3.00 bits per heavy atom. The molecule has 0 saturated carbocycles. The molecule has 0 saturated heterocycles. The highest BCUT2D eigenvalue weighted by Gasteiger charge is 2.04. The third kappa shape index (κ3) is 5.61. The molecule has 0 bridgehead atoms. The van der Waals surface area contributed by atoms with Crippen LogP contribution in [0.4, 0.5) is 5.95 Å². The molecular formula is C10H13ClN4OS. The SMILES string of the molecule is C#CCSCCNc1nc(Cl)nc(OCC)n1. The Balaban J connectivity index is 2.44. The van der Waals surface area contributed by atoms with E-state index in [9.17, 15) is 0 Å². The van der Waals surface area contributed by atoms with Crippen LogP contribution in [0.15, 0.2) is 0 Å². The lowest BCUT2D eigenvalue weighted by molar-refractivity contribution is 0.312. The summed E-state index contributed by atoms with van der Waals surface area (Å²) in [6.45, 7) is 3.04. The summed E-state index contributed by atoms with van der Waals surface area (Å²) in [4.78, 5) is 11.8. The van der Waals surface area contributed by atoms with Gasteiger partial charge in [0.25, 0.3) is 0 Å². The third-order valence-electron chi connectivity index (χ3n) is 1.58. The van der Waals surface area contributed by atoms with Gasteiger partial charge in [0.1, 0.15) is 0 Å². The number of halogens is 1. The van der Waals surface area contributed by atoms with Gasteiger partial charge in [-0.2, -0.15) is 15.0 Å². The van der Waals surface area contributed by atoms with Crippen molar-refractivity contribution in [2.45, 2.75) is 6.92 Å². The normalized spacial score (nSPS) is 9.71. The van der Waals surface area contributed by atoms with Crippen LogP contribution in [-0.4, -0.2) is 39.6 Å². The highest BCUT2D eigenvalue weighted by molar-refractivity contribution is 7.99. The van der Waals surface area contributed by atoms with E-state index in [-0.39, 0.29) is 11.3 Å². The topological polar surface area (TPSA) is 59.9 Å². The second-order valence-corrected chi connectivity index (χ2v) is 4.27. The van der Waals surface area contributed by atoms with Gasteiger partial charge in [0.05, 0.1) is 12.4 Å². The number of rotatable bonds is 7. The minimum atomic E-state index is 0.113. The molecule has 1 N–H and O–H groups in total. The molecular weight excluding hydrogens is 260 g/mol. The Bertz CT molecular complexity index is 396. The van der Waals surface area contributed by atoms with Crippen molar-refractivity contribution in [2.75, 3.05) is 30.0 Å². The molecule has 1 rings (SSSR count). The molecule has 0 aliphatic carbocycles. The molecule has 0 atom stereocenters. The Morgan fingerprint density at radius 2 is 2.29 bits per heavy atom. The Kier molecular flexibility index (Phi) is 6.51. The number of hydrogen-bond acceptors (Lipinski definition) is 6. The molecule has 0 spiro atoms. The lowest BCUT2D eigenvalue weighted by Crippen LogP contribution is -2.10. The predicted molar refractivity (Wildman–Crippen MR) is 70.7 cm³/mol. The van der Waals surface area contributed by atoms with Crippen molar-refractivity contribution < 1.29 is 4.74 Å². The van der Waals surface area contributed by atoms with Crippen LogP contribution in [0.25, 0.3) is 0 Å². The summed E-state index contributed by atoms with van der Waals surface area (Å²) in [6.07, 6.45) is 5.14. The van der Waals surface area contributed by atoms with Crippen molar-refractivity contribution in [1.82, 2.24) is 15.0 Å². The maximum absolute atomic E-state index is 5.73. The first-order valence-electron chi connectivity index (χ1n) is 5.05. The largest absolute Gasteiger partial charge is 0.464 e. The molecule has 0 amide bonds. The Hall–Kier alpha value is -1.19. The maximum atomic E-state index is 5.73. The zero-order chi connectivity index (χ0) is 12.5. The number of terminal acetylenes is 1. The number of hydrogen-bond donors (Lipinski definition) is 1. The lowest BCUT2D eigenvalue weighted by Gasteiger charge is -2.06. The smallest absolute Gasteiger partial charge is 0.322 e. The summed E-state index contributed by atoms with van der Waals surface area (Å²) in [5, 5.41) is 3.14. The minimum absolute atomic E-state index is 0.113. The highest BCUT2D eigenvalue weighted by atomic mass is 35.5. The van der Waals surface area contributed by atoms with Crippen molar-refractivity contribution >= 4 is 29.3 Å². The molecule has 0 aliphatic heterocycles. The molecule has 0 radical (unpaired) electrons. The first-order valence-corrected chi connectivity index (χ1v) is 6.59. The van der Waals surface area contributed by atoms with E-state index in [0.29, 0.717) is 24.9 Å². The van der Waals surface area contributed by atoms with Crippen LogP contribution < -0.4 is 10.1 Å². The number of nitrogens with one attached hydrogen (secondary N) is 1. The van der Waals surface area contributed by atoms with Crippen molar-refractivity contribution in [3.8, 4) is 18.4 Å². The summed E-state index contributed by atoms with van der Waals surface area (Å²) in [5.74, 6) is 4.54. The Morgan fingerprint density at radius 1 is 1.47 bits per heavy atom. The van der Waals surface area contributed by atoms with E-state index in [1.54, 1.807) is 11.8 Å². The van der Waals surface area contributed by atoms with Gasteiger partial charge in [-0.3, -0.25) is 0 Å². The van der Waals surface area contributed by atoms with Crippen LogP contribution in [0.1, 0.15) is 6.92 Å². The molecule has 1 aromatic rings. The number of ether oxygens (including phenoxy) is 1. The molecule has 92 valence electrons. The van der Waals surface area contributed by atoms with Crippen molar-refractivity contribution in [3.05, 3.63) is 5.28 Å². The summed E-state index contributed by atoms with van der Waals surface area (Å²) >= 11 is 7.39. The van der Waals surface area contributed by atoms with Gasteiger partial charge in [-0.25, -0.2) is 0 Å². The number of nitrogens with zero attached hydrogens (tertiary/aromatic N) is 3. The van der Waals surface area contributed by atoms with Crippen LogP contribution >= 0.6 is 23.4 Å². The van der Waals surface area contributed by atoms with Gasteiger partial charge in [0, 0.05) is 12.3 Å².